The van der Waals surface area contributed by atoms with Crippen LogP contribution >= 0.6 is 0 Å². The minimum absolute atomic E-state index is 0.280. The molecule has 1 N–H and O–H groups in total. The predicted octanol–water partition coefficient (Wildman–Crippen LogP) is 3.00. The first kappa shape index (κ1) is 19.1. The van der Waals surface area contributed by atoms with Gasteiger partial charge in [0, 0.05) is 13.1 Å². The molecule has 0 spiro atoms. The average Bonchev–Trinajstić information content (AvgIpc) is 3.11. The number of nitrogens with zero attached hydrogens (tertiary/aromatic N) is 3. The molecule has 7 nitrogen and oxygen atoms in total. The molecular weight excluding hydrogens is 344 g/mol. The molecule has 3 rings (SSSR count). The van der Waals surface area contributed by atoms with Crippen LogP contribution < -0.4 is 5.32 Å². The Bertz CT molecular complexity index is 856. The fourth-order valence-corrected chi connectivity index (χ4v) is 3.24. The van der Waals surface area contributed by atoms with Crippen LogP contribution in [-0.2, 0) is 16.1 Å². The molecule has 0 aliphatic heterocycles. The van der Waals surface area contributed by atoms with Crippen LogP contribution in [0.3, 0.4) is 0 Å². The Morgan fingerprint density at radius 3 is 2.93 bits per heavy atom. The van der Waals surface area contributed by atoms with Crippen molar-refractivity contribution >= 4 is 22.9 Å². The third-order valence-corrected chi connectivity index (χ3v) is 4.83. The van der Waals surface area contributed by atoms with Crippen molar-refractivity contribution in [2.24, 2.45) is 0 Å². The highest BCUT2D eigenvalue weighted by molar-refractivity contribution is 5.95. The summed E-state index contributed by atoms with van der Waals surface area (Å²) in [6.45, 7) is 4.83. The fraction of sp³-hybridized carbons (Fsp3) is 0.500. The third kappa shape index (κ3) is 4.72. The number of hydrogen-bond donors (Lipinski definition) is 1. The second-order valence-electron chi connectivity index (χ2n) is 6.81. The Morgan fingerprint density at radius 2 is 2.19 bits per heavy atom. The van der Waals surface area contributed by atoms with Crippen LogP contribution in [0.4, 0.5) is 0 Å². The van der Waals surface area contributed by atoms with E-state index < -0.39 is 12.1 Å². The van der Waals surface area contributed by atoms with Crippen molar-refractivity contribution in [3.63, 3.8) is 0 Å². The molecule has 1 aliphatic carbocycles. The van der Waals surface area contributed by atoms with Crippen molar-refractivity contribution in [2.45, 2.75) is 58.6 Å². The molecule has 0 saturated heterocycles. The number of esters is 1. The van der Waals surface area contributed by atoms with Gasteiger partial charge in [0.15, 0.2) is 6.10 Å². The summed E-state index contributed by atoms with van der Waals surface area (Å²) in [4.78, 5) is 24.5. The van der Waals surface area contributed by atoms with E-state index in [2.05, 4.69) is 21.7 Å². The zero-order chi connectivity index (χ0) is 19.2. The van der Waals surface area contributed by atoms with Gasteiger partial charge in [-0.1, -0.05) is 16.9 Å². The molecule has 1 atom stereocenters. The number of hydrogen-bond acceptors (Lipinski definition) is 5. The number of ether oxygens (including phenoxy) is 1. The van der Waals surface area contributed by atoms with Crippen molar-refractivity contribution in [3.05, 3.63) is 35.4 Å². The van der Waals surface area contributed by atoms with Gasteiger partial charge >= 0.3 is 5.97 Å². The van der Waals surface area contributed by atoms with E-state index in [9.17, 15) is 9.59 Å². The van der Waals surface area contributed by atoms with Crippen LogP contribution in [0.1, 0.15) is 56.3 Å². The molecule has 0 radical (unpaired) electrons. The fourth-order valence-electron chi connectivity index (χ4n) is 3.24. The van der Waals surface area contributed by atoms with Crippen molar-refractivity contribution in [1.82, 2.24) is 20.3 Å². The highest BCUT2D eigenvalue weighted by atomic mass is 16.5. The normalized spacial score (nSPS) is 15.3. The van der Waals surface area contributed by atoms with Crippen LogP contribution in [-0.4, -0.2) is 39.5 Å². The summed E-state index contributed by atoms with van der Waals surface area (Å²) in [6, 6.07) is 5.09. The van der Waals surface area contributed by atoms with E-state index in [4.69, 9.17) is 4.74 Å². The first-order chi connectivity index (χ1) is 13.1. The summed E-state index contributed by atoms with van der Waals surface area (Å²) in [7, 11) is 0. The van der Waals surface area contributed by atoms with Gasteiger partial charge in [-0.2, -0.15) is 0 Å². The monoisotopic (exact) mass is 370 g/mol. The zero-order valence-electron chi connectivity index (χ0n) is 15.9. The summed E-state index contributed by atoms with van der Waals surface area (Å²) < 4.78 is 7.05. The van der Waals surface area contributed by atoms with Crippen molar-refractivity contribution in [2.75, 3.05) is 6.54 Å². The van der Waals surface area contributed by atoms with Crippen LogP contribution in [0.25, 0.3) is 11.0 Å². The summed E-state index contributed by atoms with van der Waals surface area (Å²) in [5.74, 6) is -0.821. The second kappa shape index (κ2) is 8.79. The molecule has 1 heterocycles. The molecule has 144 valence electrons. The number of carbonyl (C=O) groups excluding carboxylic acids is 2. The lowest BCUT2D eigenvalue weighted by atomic mass is 9.97. The standard InChI is InChI=1S/C20H26N4O3/c1-3-24-18-10-9-16(13-17(18)22-23-24)20(26)27-14(2)19(25)21-12-11-15-7-5-4-6-8-15/h7,9-10,13-14H,3-6,8,11-12H2,1-2H3,(H,21,25). The van der Waals surface area contributed by atoms with Crippen LogP contribution in [0, 0.1) is 0 Å². The summed E-state index contributed by atoms with van der Waals surface area (Å²) in [5.41, 5.74) is 3.25. The number of aryl methyl sites for hydroxylation is 1. The van der Waals surface area contributed by atoms with E-state index in [1.54, 1.807) is 29.8 Å². The van der Waals surface area contributed by atoms with Gasteiger partial charge < -0.3 is 10.1 Å². The largest absolute Gasteiger partial charge is 0.449 e. The number of allylic oxidation sites excluding steroid dienone is 1. The molecule has 27 heavy (non-hydrogen) atoms. The Labute approximate surface area is 158 Å². The molecule has 1 aromatic heterocycles. The number of amides is 1. The van der Waals surface area contributed by atoms with Crippen molar-refractivity contribution < 1.29 is 14.3 Å². The molecule has 1 aromatic carbocycles. The van der Waals surface area contributed by atoms with Crippen molar-refractivity contribution in [1.29, 1.82) is 0 Å². The highest BCUT2D eigenvalue weighted by Crippen LogP contribution is 2.19. The average molecular weight is 370 g/mol. The first-order valence-corrected chi connectivity index (χ1v) is 9.58. The van der Waals surface area contributed by atoms with Gasteiger partial charge in [-0.3, -0.25) is 4.79 Å². The lowest BCUT2D eigenvalue weighted by Crippen LogP contribution is -2.36. The van der Waals surface area contributed by atoms with E-state index in [0.717, 1.165) is 24.8 Å². The van der Waals surface area contributed by atoms with Crippen LogP contribution in [0.5, 0.6) is 0 Å². The first-order valence-electron chi connectivity index (χ1n) is 9.58. The van der Waals surface area contributed by atoms with E-state index in [-0.39, 0.29) is 5.91 Å². The quantitative estimate of drug-likeness (QED) is 0.598. The predicted molar refractivity (Wildman–Crippen MR) is 102 cm³/mol. The summed E-state index contributed by atoms with van der Waals surface area (Å²) >= 11 is 0. The van der Waals surface area contributed by atoms with E-state index in [1.807, 2.05) is 6.92 Å². The molecular formula is C20H26N4O3. The second-order valence-corrected chi connectivity index (χ2v) is 6.81. The molecule has 1 unspecified atom stereocenters. The molecule has 7 heteroatoms. The van der Waals surface area contributed by atoms with Crippen molar-refractivity contribution in [3.8, 4) is 0 Å². The zero-order valence-corrected chi connectivity index (χ0v) is 15.9. The van der Waals surface area contributed by atoms with Gasteiger partial charge in [-0.05, 0) is 64.2 Å². The highest BCUT2D eigenvalue weighted by Gasteiger charge is 2.19. The Morgan fingerprint density at radius 1 is 1.33 bits per heavy atom. The SMILES string of the molecule is CCn1nnc2cc(C(=O)OC(C)C(=O)NCCC3=CCCCC3)ccc21. The maximum atomic E-state index is 12.3. The number of carbonyl (C=O) groups is 2. The maximum Gasteiger partial charge on any atom is 0.338 e. The lowest BCUT2D eigenvalue weighted by Gasteiger charge is -2.15. The van der Waals surface area contributed by atoms with Gasteiger partial charge in [-0.25, -0.2) is 9.48 Å². The number of benzene rings is 1. The molecule has 1 amide bonds. The molecule has 1 aliphatic rings. The van der Waals surface area contributed by atoms with Crippen LogP contribution in [0.15, 0.2) is 29.8 Å². The number of nitrogens with one attached hydrogen (secondary N) is 1. The Balaban J connectivity index is 1.51. The van der Waals surface area contributed by atoms with Gasteiger partial charge in [0.25, 0.3) is 5.91 Å². The van der Waals surface area contributed by atoms with Gasteiger partial charge in [0.1, 0.15) is 5.52 Å². The van der Waals surface area contributed by atoms with Crippen LogP contribution in [0.2, 0.25) is 0 Å². The minimum atomic E-state index is -0.847. The summed E-state index contributed by atoms with van der Waals surface area (Å²) in [5, 5.41) is 10.9. The van der Waals surface area contributed by atoms with E-state index in [0.29, 0.717) is 24.2 Å². The Kier molecular flexibility index (Phi) is 6.21. The van der Waals surface area contributed by atoms with Gasteiger partial charge in [0.2, 0.25) is 0 Å². The molecule has 0 bridgehead atoms. The molecule has 2 aromatic rings. The molecule has 0 saturated carbocycles. The molecule has 0 fully saturated rings. The minimum Gasteiger partial charge on any atom is -0.449 e. The topological polar surface area (TPSA) is 86.1 Å². The van der Waals surface area contributed by atoms with E-state index in [1.165, 1.54) is 18.4 Å². The summed E-state index contributed by atoms with van der Waals surface area (Å²) in [6.07, 6.45) is 7.01. The lowest BCUT2D eigenvalue weighted by molar-refractivity contribution is -0.129. The van der Waals surface area contributed by atoms with E-state index >= 15 is 0 Å². The van der Waals surface area contributed by atoms with Gasteiger partial charge in [0.05, 0.1) is 11.1 Å². The Hall–Kier alpha value is -2.70. The number of aromatic nitrogens is 3. The third-order valence-electron chi connectivity index (χ3n) is 4.83. The smallest absolute Gasteiger partial charge is 0.338 e. The maximum absolute atomic E-state index is 12.3. The number of rotatable bonds is 7. The number of fused-ring (bicyclic) bond motifs is 1. The van der Waals surface area contributed by atoms with Gasteiger partial charge in [-0.15, -0.1) is 5.10 Å².